The molecule has 0 aliphatic carbocycles. The van der Waals surface area contributed by atoms with Gasteiger partial charge in [-0.25, -0.2) is 14.2 Å². The third-order valence-electron chi connectivity index (χ3n) is 7.88. The number of ether oxygens (including phenoxy) is 4. The normalized spacial score (nSPS) is 13.0. The molecule has 2 unspecified atom stereocenters. The number of methoxy groups -OCH3 is 4. The molecule has 254 valence electrons. The average molecular weight is 677 g/mol. The Hall–Kier alpha value is -4.99. The average Bonchev–Trinajstić information content (AvgIpc) is 3.09. The third kappa shape index (κ3) is 7.59. The smallest absolute Gasteiger partial charge is 0.497 e. The number of esters is 2. The number of anilines is 1. The van der Waals surface area contributed by atoms with E-state index in [1.54, 1.807) is 100 Å². The SMILES string of the molecule is COC(=O)C(Nc1ccc(OC)cc1)C(NP(=O)(Oc1c(C)cccc1C)Oc1c(C)cccc1C)(C(=O)OC)c1ccc(OC)cc1. The lowest BCUT2D eigenvalue weighted by Crippen LogP contribution is -2.63. The molecule has 0 aromatic heterocycles. The molecule has 12 heteroatoms. The van der Waals surface area contributed by atoms with Gasteiger partial charge < -0.3 is 33.3 Å². The van der Waals surface area contributed by atoms with Gasteiger partial charge in [0.1, 0.15) is 23.0 Å². The van der Waals surface area contributed by atoms with E-state index in [0.29, 0.717) is 39.4 Å². The molecule has 0 radical (unpaired) electrons. The van der Waals surface area contributed by atoms with E-state index in [2.05, 4.69) is 10.4 Å². The molecule has 0 saturated carbocycles. The third-order valence-corrected chi connectivity index (χ3v) is 9.35. The maximum atomic E-state index is 15.5. The summed E-state index contributed by atoms with van der Waals surface area (Å²) in [5.74, 6) is -0.297. The molecule has 0 aliphatic rings. The summed E-state index contributed by atoms with van der Waals surface area (Å²) in [4.78, 5) is 28.2. The van der Waals surface area contributed by atoms with E-state index < -0.39 is 31.3 Å². The molecule has 0 saturated heterocycles. The highest BCUT2D eigenvalue weighted by atomic mass is 31.2. The number of hydrogen-bond donors (Lipinski definition) is 2. The van der Waals surface area contributed by atoms with Gasteiger partial charge in [0, 0.05) is 5.69 Å². The van der Waals surface area contributed by atoms with Crippen LogP contribution in [0.2, 0.25) is 0 Å². The number of benzene rings is 4. The van der Waals surface area contributed by atoms with Crippen LogP contribution in [0.5, 0.6) is 23.0 Å². The summed E-state index contributed by atoms with van der Waals surface area (Å²) in [6, 6.07) is 22.2. The van der Waals surface area contributed by atoms with E-state index in [0.717, 1.165) is 7.11 Å². The van der Waals surface area contributed by atoms with Crippen LogP contribution < -0.4 is 28.9 Å². The van der Waals surface area contributed by atoms with Crippen molar-refractivity contribution < 1.29 is 42.1 Å². The van der Waals surface area contributed by atoms with Crippen LogP contribution in [0.15, 0.2) is 84.9 Å². The molecule has 11 nitrogen and oxygen atoms in total. The first kappa shape index (κ1) is 35.9. The monoisotopic (exact) mass is 676 g/mol. The molecule has 48 heavy (non-hydrogen) atoms. The highest BCUT2D eigenvalue weighted by molar-refractivity contribution is 7.52. The van der Waals surface area contributed by atoms with E-state index in [9.17, 15) is 9.59 Å². The van der Waals surface area contributed by atoms with Crippen molar-refractivity contribution in [3.8, 4) is 23.0 Å². The number of aryl methyl sites for hydroxylation is 4. The van der Waals surface area contributed by atoms with Crippen molar-refractivity contribution in [2.75, 3.05) is 33.8 Å². The lowest BCUT2D eigenvalue weighted by atomic mass is 9.83. The lowest BCUT2D eigenvalue weighted by Gasteiger charge is -2.40. The fourth-order valence-electron chi connectivity index (χ4n) is 5.31. The standard InChI is InChI=1S/C36H41N2O9P/c1-23-11-9-12-24(2)31(23)46-48(41,47-32-25(3)13-10-14-26(32)4)38-36(35(40)45-8,27-15-19-29(42-5)20-16-27)33(34(39)44-7)37-28-17-21-30(43-6)22-18-28/h9-22,33,37H,1-8H3,(H,38,41). The van der Waals surface area contributed by atoms with Crippen LogP contribution in [-0.4, -0.2) is 46.4 Å². The second kappa shape index (κ2) is 15.3. The van der Waals surface area contributed by atoms with Crippen LogP contribution in [0.3, 0.4) is 0 Å². The summed E-state index contributed by atoms with van der Waals surface area (Å²) in [6.45, 7) is 7.19. The minimum Gasteiger partial charge on any atom is -0.497 e. The molecule has 0 bridgehead atoms. The topological polar surface area (TPSA) is 131 Å². The second-order valence-corrected chi connectivity index (χ2v) is 12.7. The van der Waals surface area contributed by atoms with Crippen LogP contribution in [-0.2, 0) is 29.2 Å². The van der Waals surface area contributed by atoms with Crippen LogP contribution in [0, 0.1) is 27.7 Å². The van der Waals surface area contributed by atoms with E-state index in [-0.39, 0.29) is 17.1 Å². The van der Waals surface area contributed by atoms with Gasteiger partial charge in [-0.2, -0.15) is 5.09 Å². The van der Waals surface area contributed by atoms with Crippen LogP contribution in [0.1, 0.15) is 27.8 Å². The van der Waals surface area contributed by atoms with Crippen molar-refractivity contribution in [1.82, 2.24) is 5.09 Å². The van der Waals surface area contributed by atoms with Crippen molar-refractivity contribution in [1.29, 1.82) is 0 Å². The first-order valence-corrected chi connectivity index (χ1v) is 16.6. The first-order chi connectivity index (χ1) is 22.9. The van der Waals surface area contributed by atoms with Gasteiger partial charge >= 0.3 is 19.7 Å². The Bertz CT molecular complexity index is 1700. The van der Waals surface area contributed by atoms with Crippen molar-refractivity contribution in [2.24, 2.45) is 0 Å². The second-order valence-electron chi connectivity index (χ2n) is 11.1. The van der Waals surface area contributed by atoms with E-state index in [1.165, 1.54) is 21.3 Å². The zero-order valence-corrected chi connectivity index (χ0v) is 29.2. The van der Waals surface area contributed by atoms with Gasteiger partial charge in [0.05, 0.1) is 28.4 Å². The molecule has 0 fully saturated rings. The Labute approximate surface area is 281 Å². The quantitative estimate of drug-likeness (QED) is 0.108. The summed E-state index contributed by atoms with van der Waals surface area (Å²) in [5.41, 5.74) is 0.939. The van der Waals surface area contributed by atoms with Gasteiger partial charge in [-0.1, -0.05) is 48.5 Å². The van der Waals surface area contributed by atoms with Crippen molar-refractivity contribution >= 4 is 25.4 Å². The summed E-state index contributed by atoms with van der Waals surface area (Å²) in [6.07, 6.45) is 0. The van der Waals surface area contributed by atoms with Gasteiger partial charge in [0.15, 0.2) is 11.6 Å². The molecule has 4 rings (SSSR count). The van der Waals surface area contributed by atoms with Gasteiger partial charge in [-0.05, 0) is 91.9 Å². The number of carbonyl (C=O) groups excluding carboxylic acids is 2. The maximum absolute atomic E-state index is 15.5. The Kier molecular flexibility index (Phi) is 11.4. The predicted molar refractivity (Wildman–Crippen MR) is 183 cm³/mol. The minimum absolute atomic E-state index is 0.169. The van der Waals surface area contributed by atoms with Gasteiger partial charge in [0.2, 0.25) is 0 Å². The summed E-state index contributed by atoms with van der Waals surface area (Å²) < 4.78 is 49.4. The number of rotatable bonds is 14. The highest BCUT2D eigenvalue weighted by Gasteiger charge is 2.58. The maximum Gasteiger partial charge on any atom is 0.514 e. The summed E-state index contributed by atoms with van der Waals surface area (Å²) >= 11 is 0. The van der Waals surface area contributed by atoms with Gasteiger partial charge in [0.25, 0.3) is 0 Å². The molecule has 4 aromatic carbocycles. The molecule has 0 spiro atoms. The van der Waals surface area contributed by atoms with Crippen molar-refractivity contribution in [2.45, 2.75) is 39.3 Å². The first-order valence-electron chi connectivity index (χ1n) is 15.0. The number of carbonyl (C=O) groups is 2. The molecule has 4 aromatic rings. The molecule has 2 atom stereocenters. The Balaban J connectivity index is 2.03. The predicted octanol–water partition coefficient (Wildman–Crippen LogP) is 6.82. The lowest BCUT2D eigenvalue weighted by molar-refractivity contribution is -0.156. The zero-order chi connectivity index (χ0) is 35.1. The molecular weight excluding hydrogens is 635 g/mol. The van der Waals surface area contributed by atoms with Crippen LogP contribution in [0.25, 0.3) is 0 Å². The number of hydrogen-bond acceptors (Lipinski definition) is 10. The highest BCUT2D eigenvalue weighted by Crippen LogP contribution is 2.52. The molecule has 2 N–H and O–H groups in total. The molecule has 0 heterocycles. The van der Waals surface area contributed by atoms with Gasteiger partial charge in [-0.3, -0.25) is 0 Å². The van der Waals surface area contributed by atoms with Crippen molar-refractivity contribution in [3.05, 3.63) is 113 Å². The summed E-state index contributed by atoms with van der Waals surface area (Å²) in [5, 5.41) is 6.02. The van der Waals surface area contributed by atoms with E-state index in [4.69, 9.17) is 28.0 Å². The van der Waals surface area contributed by atoms with E-state index in [1.807, 2.05) is 12.1 Å². The zero-order valence-electron chi connectivity index (χ0n) is 28.3. The summed E-state index contributed by atoms with van der Waals surface area (Å²) in [7, 11) is 0.648. The molecule has 0 amide bonds. The largest absolute Gasteiger partial charge is 0.514 e. The van der Waals surface area contributed by atoms with Crippen molar-refractivity contribution in [3.63, 3.8) is 0 Å². The number of para-hydroxylation sites is 2. The van der Waals surface area contributed by atoms with E-state index >= 15 is 4.57 Å². The molecular formula is C36H41N2O9P. The Morgan fingerprint density at radius 3 is 1.48 bits per heavy atom. The fourth-order valence-corrected chi connectivity index (χ4v) is 7.28. The minimum atomic E-state index is -4.72. The fraction of sp³-hybridized carbons (Fsp3) is 0.278. The Morgan fingerprint density at radius 2 is 1.08 bits per heavy atom. The Morgan fingerprint density at radius 1 is 0.646 bits per heavy atom. The number of nitrogens with one attached hydrogen (secondary N) is 2. The molecule has 0 aliphatic heterocycles. The van der Waals surface area contributed by atoms with Crippen LogP contribution in [0.4, 0.5) is 5.69 Å². The van der Waals surface area contributed by atoms with Gasteiger partial charge in [-0.15, -0.1) is 0 Å². The van der Waals surface area contributed by atoms with Crippen LogP contribution >= 0.6 is 7.75 Å².